The molecule has 0 atom stereocenters. The molecular formula is C19H20FN5O5S. The van der Waals surface area contributed by atoms with Crippen molar-refractivity contribution in [3.63, 3.8) is 0 Å². The zero-order valence-electron chi connectivity index (χ0n) is 17.0. The summed E-state index contributed by atoms with van der Waals surface area (Å²) in [6, 6.07) is 7.73. The average molecular weight is 449 g/mol. The van der Waals surface area contributed by atoms with Gasteiger partial charge in [0.05, 0.1) is 20.9 Å². The lowest BCUT2D eigenvalue weighted by Gasteiger charge is -2.10. The van der Waals surface area contributed by atoms with Crippen LogP contribution in [0, 0.1) is 15.9 Å². The van der Waals surface area contributed by atoms with Crippen molar-refractivity contribution in [2.75, 3.05) is 19.4 Å². The molecular weight excluding hydrogens is 429 g/mol. The van der Waals surface area contributed by atoms with E-state index >= 15 is 0 Å². The minimum Gasteiger partial charge on any atom is -0.331 e. The van der Waals surface area contributed by atoms with Gasteiger partial charge in [0.1, 0.15) is 5.82 Å². The van der Waals surface area contributed by atoms with Crippen LogP contribution in [-0.4, -0.2) is 47.2 Å². The number of sulfonamides is 1. The molecule has 12 heteroatoms. The zero-order chi connectivity index (χ0) is 22.9. The lowest BCUT2D eigenvalue weighted by Crippen LogP contribution is -2.22. The monoisotopic (exact) mass is 449 g/mol. The minimum atomic E-state index is -3.60. The maximum Gasteiger partial charge on any atom is 0.306 e. The molecule has 1 heterocycles. The van der Waals surface area contributed by atoms with Gasteiger partial charge in [-0.05, 0) is 30.3 Å². The summed E-state index contributed by atoms with van der Waals surface area (Å²) in [5.74, 6) is -0.850. The second kappa shape index (κ2) is 8.40. The van der Waals surface area contributed by atoms with Crippen LogP contribution >= 0.6 is 0 Å². The summed E-state index contributed by atoms with van der Waals surface area (Å²) in [4.78, 5) is 26.7. The molecule has 2 aromatic carbocycles. The first-order valence-electron chi connectivity index (χ1n) is 9.12. The number of fused-ring (bicyclic) bond motifs is 1. The topological polar surface area (TPSA) is 127 Å². The summed E-state index contributed by atoms with van der Waals surface area (Å²) in [5, 5.41) is 13.3. The van der Waals surface area contributed by atoms with Gasteiger partial charge in [-0.1, -0.05) is 0 Å². The highest BCUT2D eigenvalue weighted by atomic mass is 32.2. The lowest BCUT2D eigenvalue weighted by atomic mass is 10.2. The van der Waals surface area contributed by atoms with Gasteiger partial charge in [0.25, 0.3) is 0 Å². The van der Waals surface area contributed by atoms with E-state index in [2.05, 4.69) is 10.3 Å². The normalized spacial score (nSPS) is 11.8. The van der Waals surface area contributed by atoms with Crippen molar-refractivity contribution < 1.29 is 22.5 Å². The van der Waals surface area contributed by atoms with Gasteiger partial charge in [-0.2, -0.15) is 4.39 Å². The molecule has 1 N–H and O–H groups in total. The van der Waals surface area contributed by atoms with E-state index in [0.29, 0.717) is 16.9 Å². The van der Waals surface area contributed by atoms with E-state index < -0.39 is 32.4 Å². The minimum absolute atomic E-state index is 0.0190. The third-order valence-corrected chi connectivity index (χ3v) is 6.54. The predicted octanol–water partition coefficient (Wildman–Crippen LogP) is 2.44. The molecule has 1 amide bonds. The number of amides is 1. The molecule has 31 heavy (non-hydrogen) atoms. The SMILES string of the molecule is CN(C)S(=O)(=O)c1ccc2c(c1)nc(CCC(=O)Nc1ccc(F)c([N+](=O)[O-])c1)n2C. The molecule has 0 aliphatic carbocycles. The van der Waals surface area contributed by atoms with E-state index in [4.69, 9.17) is 0 Å². The number of nitro benzene ring substituents is 1. The number of benzene rings is 2. The van der Waals surface area contributed by atoms with Crippen LogP contribution in [0.15, 0.2) is 41.3 Å². The number of nitrogens with one attached hydrogen (secondary N) is 1. The molecule has 0 fully saturated rings. The van der Waals surface area contributed by atoms with Gasteiger partial charge in [0, 0.05) is 45.7 Å². The van der Waals surface area contributed by atoms with Crippen LogP contribution in [0.3, 0.4) is 0 Å². The third-order valence-electron chi connectivity index (χ3n) is 4.73. The summed E-state index contributed by atoms with van der Waals surface area (Å²) >= 11 is 0. The van der Waals surface area contributed by atoms with Gasteiger partial charge in [-0.15, -0.1) is 0 Å². The molecule has 0 saturated carbocycles. The molecule has 0 aliphatic heterocycles. The summed E-state index contributed by atoms with van der Waals surface area (Å²) in [5.41, 5.74) is 0.579. The number of halogens is 1. The number of carbonyl (C=O) groups is 1. The molecule has 1 aromatic heterocycles. The van der Waals surface area contributed by atoms with Crippen LogP contribution < -0.4 is 5.32 Å². The number of aryl methyl sites for hydroxylation is 2. The van der Waals surface area contributed by atoms with Crippen LogP contribution in [0.2, 0.25) is 0 Å². The first kappa shape index (κ1) is 22.3. The Labute approximate surface area is 177 Å². The Kier molecular flexibility index (Phi) is 6.04. The van der Waals surface area contributed by atoms with Gasteiger partial charge >= 0.3 is 5.69 Å². The van der Waals surface area contributed by atoms with Gasteiger partial charge < -0.3 is 9.88 Å². The molecule has 0 bridgehead atoms. The Morgan fingerprint density at radius 3 is 2.61 bits per heavy atom. The van der Waals surface area contributed by atoms with Crippen LogP contribution in [0.25, 0.3) is 11.0 Å². The molecule has 0 unspecified atom stereocenters. The number of aromatic nitrogens is 2. The first-order chi connectivity index (χ1) is 14.5. The second-order valence-electron chi connectivity index (χ2n) is 7.00. The Morgan fingerprint density at radius 1 is 1.26 bits per heavy atom. The molecule has 0 radical (unpaired) electrons. The Morgan fingerprint density at radius 2 is 1.97 bits per heavy atom. The van der Waals surface area contributed by atoms with Crippen LogP contribution in [0.4, 0.5) is 15.8 Å². The molecule has 10 nitrogen and oxygen atoms in total. The summed E-state index contributed by atoms with van der Waals surface area (Å²) in [6.07, 6.45) is 0.265. The predicted molar refractivity (Wildman–Crippen MR) is 112 cm³/mol. The van der Waals surface area contributed by atoms with Crippen molar-refractivity contribution in [1.29, 1.82) is 0 Å². The quantitative estimate of drug-likeness (QED) is 0.436. The third kappa shape index (κ3) is 4.54. The van der Waals surface area contributed by atoms with E-state index in [1.807, 2.05) is 0 Å². The highest BCUT2D eigenvalue weighted by Gasteiger charge is 2.20. The summed E-state index contributed by atoms with van der Waals surface area (Å²) < 4.78 is 40.9. The van der Waals surface area contributed by atoms with Crippen LogP contribution in [-0.2, 0) is 28.3 Å². The number of anilines is 1. The second-order valence-corrected chi connectivity index (χ2v) is 9.15. The zero-order valence-corrected chi connectivity index (χ0v) is 17.8. The lowest BCUT2D eigenvalue weighted by molar-refractivity contribution is -0.387. The van der Waals surface area contributed by atoms with Crippen molar-refractivity contribution in [2.24, 2.45) is 7.05 Å². The fraction of sp³-hybridized carbons (Fsp3) is 0.263. The first-order valence-corrected chi connectivity index (χ1v) is 10.6. The van der Waals surface area contributed by atoms with Crippen LogP contribution in [0.1, 0.15) is 12.2 Å². The fourth-order valence-electron chi connectivity index (χ4n) is 3.00. The molecule has 3 rings (SSSR count). The largest absolute Gasteiger partial charge is 0.331 e. The highest BCUT2D eigenvalue weighted by molar-refractivity contribution is 7.89. The Balaban J connectivity index is 1.75. The number of hydrogen-bond acceptors (Lipinski definition) is 6. The maximum absolute atomic E-state index is 13.4. The number of hydrogen-bond donors (Lipinski definition) is 1. The van der Waals surface area contributed by atoms with Gasteiger partial charge in [-0.25, -0.2) is 17.7 Å². The fourth-order valence-corrected chi connectivity index (χ4v) is 3.93. The average Bonchev–Trinajstić information content (AvgIpc) is 3.02. The van der Waals surface area contributed by atoms with Crippen molar-refractivity contribution in [3.8, 4) is 0 Å². The molecule has 0 saturated heterocycles. The van der Waals surface area contributed by atoms with E-state index in [1.54, 1.807) is 17.7 Å². The number of nitrogens with zero attached hydrogens (tertiary/aromatic N) is 4. The van der Waals surface area contributed by atoms with Crippen molar-refractivity contribution in [1.82, 2.24) is 13.9 Å². The maximum atomic E-state index is 13.4. The summed E-state index contributed by atoms with van der Waals surface area (Å²) in [6.45, 7) is 0. The number of rotatable bonds is 7. The Bertz CT molecular complexity index is 1290. The van der Waals surface area contributed by atoms with E-state index in [0.717, 1.165) is 16.4 Å². The molecule has 164 valence electrons. The summed E-state index contributed by atoms with van der Waals surface area (Å²) in [7, 11) is 1.04. The van der Waals surface area contributed by atoms with Crippen molar-refractivity contribution in [2.45, 2.75) is 17.7 Å². The van der Waals surface area contributed by atoms with Gasteiger partial charge in [0.2, 0.25) is 21.7 Å². The highest BCUT2D eigenvalue weighted by Crippen LogP contribution is 2.23. The molecule has 3 aromatic rings. The van der Waals surface area contributed by atoms with Crippen LogP contribution in [0.5, 0.6) is 0 Å². The molecule has 0 aliphatic rings. The Hall–Kier alpha value is -3.38. The standard InChI is InChI=1S/C19H20FN5O5S/c1-23(2)31(29,30)13-5-7-16-15(11-13)22-18(24(16)3)8-9-19(26)21-12-4-6-14(20)17(10-12)25(27)28/h4-7,10-11H,8-9H2,1-3H3,(H,21,26). The van der Waals surface area contributed by atoms with Crippen molar-refractivity contribution in [3.05, 3.63) is 58.2 Å². The van der Waals surface area contributed by atoms with E-state index in [9.17, 15) is 27.7 Å². The number of nitro groups is 1. The van der Waals surface area contributed by atoms with E-state index in [1.165, 1.54) is 32.3 Å². The van der Waals surface area contributed by atoms with Crippen molar-refractivity contribution >= 4 is 38.3 Å². The number of imidazole rings is 1. The number of carbonyl (C=O) groups excluding carboxylic acids is 1. The smallest absolute Gasteiger partial charge is 0.306 e. The van der Waals surface area contributed by atoms with Gasteiger partial charge in [-0.3, -0.25) is 14.9 Å². The molecule has 0 spiro atoms. The van der Waals surface area contributed by atoms with Gasteiger partial charge in [0.15, 0.2) is 0 Å². The van der Waals surface area contributed by atoms with E-state index in [-0.39, 0.29) is 23.4 Å².